The summed E-state index contributed by atoms with van der Waals surface area (Å²) in [6, 6.07) is 0. The lowest BCUT2D eigenvalue weighted by molar-refractivity contribution is -0.129. The first kappa shape index (κ1) is 33.5. The van der Waals surface area contributed by atoms with Crippen LogP contribution in [0.4, 0.5) is 0 Å². The topological polar surface area (TPSA) is 110 Å². The van der Waals surface area contributed by atoms with Gasteiger partial charge in [0.15, 0.2) is 0 Å². The number of allylic oxidation sites excluding steroid dienone is 2. The van der Waals surface area contributed by atoms with Gasteiger partial charge < -0.3 is 30.3 Å². The quantitative estimate of drug-likeness (QED) is 0.112. The standard InChI is InChI=1S/C28H56O6/c1-21(2)11-8-13-23(4)15-10-17-24(5)16-9-14-22(3)12-6-7-18-34-20-26(31)28(33)27(32)25(30)19-29/h12,21,23-33H,6-11,13-20H2,1-5H3/b22-12+/t23?,24?,25-,26+,27-,28-/m0/s1. The Balaban J connectivity index is 3.78. The molecule has 5 N–H and O–H groups in total. The fraction of sp³-hybridized carbons (Fsp3) is 0.929. The van der Waals surface area contributed by atoms with Crippen molar-refractivity contribution >= 4 is 0 Å². The summed E-state index contributed by atoms with van der Waals surface area (Å²) in [5.74, 6) is 2.48. The molecule has 0 fully saturated rings. The second-order valence-corrected chi connectivity index (χ2v) is 10.9. The third-order valence-corrected chi connectivity index (χ3v) is 6.74. The number of hydrogen-bond acceptors (Lipinski definition) is 6. The summed E-state index contributed by atoms with van der Waals surface area (Å²) in [5, 5.41) is 47.2. The highest BCUT2D eigenvalue weighted by atomic mass is 16.5. The molecule has 0 heterocycles. The van der Waals surface area contributed by atoms with Gasteiger partial charge in [-0.15, -0.1) is 0 Å². The van der Waals surface area contributed by atoms with E-state index in [1.807, 2.05) is 0 Å². The molecule has 0 bridgehead atoms. The Morgan fingerprint density at radius 2 is 1.26 bits per heavy atom. The van der Waals surface area contributed by atoms with Gasteiger partial charge in [0.05, 0.1) is 13.2 Å². The van der Waals surface area contributed by atoms with Crippen LogP contribution in [-0.2, 0) is 4.74 Å². The largest absolute Gasteiger partial charge is 0.394 e. The zero-order valence-corrected chi connectivity index (χ0v) is 22.7. The van der Waals surface area contributed by atoms with Crippen LogP contribution in [0, 0.1) is 17.8 Å². The summed E-state index contributed by atoms with van der Waals surface area (Å²) < 4.78 is 5.37. The zero-order chi connectivity index (χ0) is 25.9. The second-order valence-electron chi connectivity index (χ2n) is 10.9. The molecule has 2 unspecified atom stereocenters. The Bertz CT molecular complexity index is 495. The molecule has 6 atom stereocenters. The van der Waals surface area contributed by atoms with E-state index in [0.29, 0.717) is 6.61 Å². The molecule has 0 aromatic carbocycles. The molecule has 34 heavy (non-hydrogen) atoms. The minimum atomic E-state index is -1.61. The van der Waals surface area contributed by atoms with E-state index in [1.165, 1.54) is 56.9 Å². The molecule has 0 amide bonds. The number of ether oxygens (including phenoxy) is 1. The van der Waals surface area contributed by atoms with Gasteiger partial charge in [-0.2, -0.15) is 0 Å². The zero-order valence-electron chi connectivity index (χ0n) is 22.7. The first-order chi connectivity index (χ1) is 16.1. The van der Waals surface area contributed by atoms with E-state index >= 15 is 0 Å². The average molecular weight is 489 g/mol. The molecular formula is C28H56O6. The fourth-order valence-corrected chi connectivity index (χ4v) is 4.21. The van der Waals surface area contributed by atoms with E-state index in [9.17, 15) is 20.4 Å². The predicted molar refractivity (Wildman–Crippen MR) is 140 cm³/mol. The highest BCUT2D eigenvalue weighted by Gasteiger charge is 2.29. The Kier molecular flexibility index (Phi) is 20.4. The highest BCUT2D eigenvalue weighted by molar-refractivity contribution is 4.97. The number of unbranched alkanes of at least 4 members (excludes halogenated alkanes) is 1. The summed E-state index contributed by atoms with van der Waals surface area (Å²) >= 11 is 0. The minimum absolute atomic E-state index is 0.131. The molecule has 0 rings (SSSR count). The Morgan fingerprint density at radius 1 is 0.735 bits per heavy atom. The number of aliphatic hydroxyl groups excluding tert-OH is 5. The van der Waals surface area contributed by atoms with Gasteiger partial charge in [0.2, 0.25) is 0 Å². The first-order valence-corrected chi connectivity index (χ1v) is 13.6. The van der Waals surface area contributed by atoms with Crippen molar-refractivity contribution in [3.63, 3.8) is 0 Å². The van der Waals surface area contributed by atoms with E-state index in [-0.39, 0.29) is 6.61 Å². The van der Waals surface area contributed by atoms with Gasteiger partial charge in [-0.05, 0) is 50.4 Å². The molecule has 6 heteroatoms. The molecule has 6 nitrogen and oxygen atoms in total. The number of hydrogen-bond donors (Lipinski definition) is 5. The van der Waals surface area contributed by atoms with Crippen molar-refractivity contribution in [2.75, 3.05) is 19.8 Å². The molecule has 204 valence electrons. The minimum Gasteiger partial charge on any atom is -0.394 e. The smallest absolute Gasteiger partial charge is 0.111 e. The van der Waals surface area contributed by atoms with Gasteiger partial charge in [0.1, 0.15) is 24.4 Å². The van der Waals surface area contributed by atoms with Crippen molar-refractivity contribution < 1.29 is 30.3 Å². The fourth-order valence-electron chi connectivity index (χ4n) is 4.21. The maximum Gasteiger partial charge on any atom is 0.111 e. The molecular weight excluding hydrogens is 432 g/mol. The van der Waals surface area contributed by atoms with E-state index < -0.39 is 31.0 Å². The van der Waals surface area contributed by atoms with E-state index in [2.05, 4.69) is 40.7 Å². The maximum atomic E-state index is 9.81. The van der Waals surface area contributed by atoms with Crippen LogP contribution in [0.3, 0.4) is 0 Å². The predicted octanol–water partition coefficient (Wildman–Crippen LogP) is 4.60. The Labute approximate surface area is 209 Å². The monoisotopic (exact) mass is 488 g/mol. The van der Waals surface area contributed by atoms with E-state index in [4.69, 9.17) is 9.84 Å². The lowest BCUT2D eigenvalue weighted by Crippen LogP contribution is -2.47. The molecule has 0 aromatic heterocycles. The van der Waals surface area contributed by atoms with Crippen LogP contribution in [-0.4, -0.2) is 69.8 Å². The summed E-state index contributed by atoms with van der Waals surface area (Å²) in [7, 11) is 0. The van der Waals surface area contributed by atoms with Crippen LogP contribution in [0.2, 0.25) is 0 Å². The Hall–Kier alpha value is -0.500. The number of aliphatic hydroxyl groups is 5. The molecule has 0 spiro atoms. The first-order valence-electron chi connectivity index (χ1n) is 13.6. The molecule has 0 saturated carbocycles. The molecule has 0 aliphatic carbocycles. The van der Waals surface area contributed by atoms with Crippen molar-refractivity contribution in [1.82, 2.24) is 0 Å². The summed E-state index contributed by atoms with van der Waals surface area (Å²) in [5.41, 5.74) is 1.41. The second kappa shape index (κ2) is 20.7. The van der Waals surface area contributed by atoms with Crippen molar-refractivity contribution in [2.45, 2.75) is 130 Å². The summed E-state index contributed by atoms with van der Waals surface area (Å²) in [6.45, 7) is 11.2. The van der Waals surface area contributed by atoms with Crippen LogP contribution in [0.25, 0.3) is 0 Å². The SMILES string of the molecule is C/C(=C\CCCOC[C@@H](O)[C@H](O)[C@@H](O)[C@@H](O)CO)CCCC(C)CCCC(C)CCCC(C)C. The van der Waals surface area contributed by atoms with Crippen LogP contribution >= 0.6 is 0 Å². The van der Waals surface area contributed by atoms with Gasteiger partial charge in [0.25, 0.3) is 0 Å². The third kappa shape index (κ3) is 17.9. The van der Waals surface area contributed by atoms with E-state index in [1.54, 1.807) is 0 Å². The van der Waals surface area contributed by atoms with Gasteiger partial charge >= 0.3 is 0 Å². The molecule has 0 saturated heterocycles. The van der Waals surface area contributed by atoms with Crippen molar-refractivity contribution in [3.05, 3.63) is 11.6 Å². The maximum absolute atomic E-state index is 9.81. The lowest BCUT2D eigenvalue weighted by atomic mass is 9.91. The van der Waals surface area contributed by atoms with Gasteiger partial charge in [-0.3, -0.25) is 0 Å². The molecule has 0 radical (unpaired) electrons. The molecule has 0 aliphatic heterocycles. The average Bonchev–Trinajstić information content (AvgIpc) is 2.79. The summed E-state index contributed by atoms with van der Waals surface area (Å²) in [6.07, 6.45) is 9.80. The number of rotatable bonds is 22. The van der Waals surface area contributed by atoms with Crippen LogP contribution in [0.1, 0.15) is 105 Å². The highest BCUT2D eigenvalue weighted by Crippen LogP contribution is 2.22. The lowest BCUT2D eigenvalue weighted by Gasteiger charge is -2.25. The van der Waals surface area contributed by atoms with Crippen molar-refractivity contribution in [2.24, 2.45) is 17.8 Å². The van der Waals surface area contributed by atoms with E-state index in [0.717, 1.165) is 37.0 Å². The van der Waals surface area contributed by atoms with Crippen LogP contribution in [0.15, 0.2) is 11.6 Å². The van der Waals surface area contributed by atoms with Crippen molar-refractivity contribution in [1.29, 1.82) is 0 Å². The normalized spacial score (nSPS) is 18.0. The third-order valence-electron chi connectivity index (χ3n) is 6.74. The molecule has 0 aliphatic rings. The van der Waals surface area contributed by atoms with Gasteiger partial charge in [-0.1, -0.05) is 84.3 Å². The molecule has 0 aromatic rings. The Morgan fingerprint density at radius 3 is 1.82 bits per heavy atom. The van der Waals surface area contributed by atoms with Gasteiger partial charge in [-0.25, -0.2) is 0 Å². The van der Waals surface area contributed by atoms with Crippen molar-refractivity contribution in [3.8, 4) is 0 Å². The summed E-state index contributed by atoms with van der Waals surface area (Å²) in [4.78, 5) is 0. The van der Waals surface area contributed by atoms with Crippen LogP contribution < -0.4 is 0 Å². The van der Waals surface area contributed by atoms with Gasteiger partial charge in [0, 0.05) is 6.61 Å². The van der Waals surface area contributed by atoms with Crippen LogP contribution in [0.5, 0.6) is 0 Å².